The van der Waals surface area contributed by atoms with Crippen LogP contribution in [0.4, 0.5) is 0 Å². The van der Waals surface area contributed by atoms with E-state index in [1.807, 2.05) is 35.8 Å². The average molecular weight is 242 g/mol. The van der Waals surface area contributed by atoms with E-state index in [4.69, 9.17) is 11.6 Å². The second kappa shape index (κ2) is 4.82. The summed E-state index contributed by atoms with van der Waals surface area (Å²) >= 11 is 9.41. The summed E-state index contributed by atoms with van der Waals surface area (Å²) in [6, 6.07) is 7.91. The SMILES string of the molecule is Clc1ccccc1CSc1nccs1. The summed E-state index contributed by atoms with van der Waals surface area (Å²) in [5.41, 5.74) is 1.16. The van der Waals surface area contributed by atoms with Crippen molar-refractivity contribution in [3.8, 4) is 0 Å². The Morgan fingerprint density at radius 2 is 2.21 bits per heavy atom. The molecule has 2 aromatic rings. The monoisotopic (exact) mass is 241 g/mol. The van der Waals surface area contributed by atoms with Gasteiger partial charge in [0.25, 0.3) is 0 Å². The van der Waals surface area contributed by atoms with Crippen molar-refractivity contribution in [2.45, 2.75) is 10.1 Å². The van der Waals surface area contributed by atoms with Crippen LogP contribution < -0.4 is 0 Å². The number of aromatic nitrogens is 1. The Morgan fingerprint density at radius 1 is 1.36 bits per heavy atom. The van der Waals surface area contributed by atoms with E-state index in [1.54, 1.807) is 23.1 Å². The molecule has 0 fully saturated rings. The third-order valence-corrected chi connectivity index (χ3v) is 4.10. The normalized spacial score (nSPS) is 10.4. The predicted octanol–water partition coefficient (Wildman–Crippen LogP) is 4.09. The number of hydrogen-bond donors (Lipinski definition) is 0. The van der Waals surface area contributed by atoms with Crippen molar-refractivity contribution in [1.82, 2.24) is 4.98 Å². The van der Waals surface area contributed by atoms with E-state index in [2.05, 4.69) is 4.98 Å². The van der Waals surface area contributed by atoms with E-state index in [0.29, 0.717) is 0 Å². The largest absolute Gasteiger partial charge is 0.238 e. The minimum atomic E-state index is 0.830. The molecule has 0 amide bonds. The van der Waals surface area contributed by atoms with Gasteiger partial charge in [0.15, 0.2) is 0 Å². The van der Waals surface area contributed by atoms with Gasteiger partial charge in [-0.25, -0.2) is 4.98 Å². The van der Waals surface area contributed by atoms with Crippen LogP contribution in [0.3, 0.4) is 0 Å². The Hall–Kier alpha value is -0.510. The lowest BCUT2D eigenvalue weighted by molar-refractivity contribution is 1.24. The van der Waals surface area contributed by atoms with Crippen molar-refractivity contribution in [3.05, 3.63) is 46.4 Å². The van der Waals surface area contributed by atoms with Gasteiger partial charge in [-0.15, -0.1) is 11.3 Å². The Bertz CT molecular complexity index is 400. The Balaban J connectivity index is 2.02. The van der Waals surface area contributed by atoms with E-state index in [1.165, 1.54) is 0 Å². The molecule has 14 heavy (non-hydrogen) atoms. The topological polar surface area (TPSA) is 12.9 Å². The van der Waals surface area contributed by atoms with Crippen molar-refractivity contribution in [1.29, 1.82) is 0 Å². The molecule has 4 heteroatoms. The molecule has 0 aliphatic heterocycles. The van der Waals surface area contributed by atoms with Gasteiger partial charge in [-0.1, -0.05) is 41.6 Å². The summed E-state index contributed by atoms with van der Waals surface area (Å²) in [7, 11) is 0. The summed E-state index contributed by atoms with van der Waals surface area (Å²) < 4.78 is 1.09. The average Bonchev–Trinajstić information content (AvgIpc) is 2.69. The smallest absolute Gasteiger partial charge is 0.150 e. The summed E-state index contributed by atoms with van der Waals surface area (Å²) in [4.78, 5) is 4.20. The summed E-state index contributed by atoms with van der Waals surface area (Å²) in [5, 5.41) is 2.81. The molecule has 0 aliphatic carbocycles. The third-order valence-electron chi connectivity index (χ3n) is 1.72. The lowest BCUT2D eigenvalue weighted by atomic mass is 10.2. The van der Waals surface area contributed by atoms with E-state index in [-0.39, 0.29) is 0 Å². The highest BCUT2D eigenvalue weighted by molar-refractivity contribution is 8.00. The van der Waals surface area contributed by atoms with Crippen LogP contribution >= 0.6 is 34.7 Å². The summed E-state index contributed by atoms with van der Waals surface area (Å²) in [6.07, 6.45) is 1.82. The van der Waals surface area contributed by atoms with Crippen LogP contribution in [0, 0.1) is 0 Å². The summed E-state index contributed by atoms with van der Waals surface area (Å²) in [5.74, 6) is 0.882. The van der Waals surface area contributed by atoms with E-state index < -0.39 is 0 Å². The number of thiazole rings is 1. The number of rotatable bonds is 3. The zero-order chi connectivity index (χ0) is 9.80. The maximum atomic E-state index is 6.03. The Kier molecular flexibility index (Phi) is 3.45. The first-order valence-corrected chi connectivity index (χ1v) is 6.36. The summed E-state index contributed by atoms with van der Waals surface area (Å²) in [6.45, 7) is 0. The first kappa shape index (κ1) is 10.0. The van der Waals surface area contributed by atoms with Crippen LogP contribution in [-0.2, 0) is 5.75 Å². The molecule has 0 unspecified atom stereocenters. The fraction of sp³-hybridized carbons (Fsp3) is 0.100. The van der Waals surface area contributed by atoms with Gasteiger partial charge in [0.05, 0.1) is 0 Å². The molecule has 0 aliphatic rings. The minimum absolute atomic E-state index is 0.830. The van der Waals surface area contributed by atoms with Gasteiger partial charge in [-0.05, 0) is 11.6 Å². The maximum Gasteiger partial charge on any atom is 0.150 e. The molecule has 0 bridgehead atoms. The predicted molar refractivity (Wildman–Crippen MR) is 63.1 cm³/mol. The Morgan fingerprint density at radius 3 is 2.93 bits per heavy atom. The van der Waals surface area contributed by atoms with Crippen LogP contribution in [-0.4, -0.2) is 4.98 Å². The van der Waals surface area contributed by atoms with Crippen molar-refractivity contribution in [2.75, 3.05) is 0 Å². The first-order valence-electron chi connectivity index (χ1n) is 4.12. The number of nitrogens with zero attached hydrogens (tertiary/aromatic N) is 1. The zero-order valence-corrected chi connectivity index (χ0v) is 9.70. The first-order chi connectivity index (χ1) is 6.86. The van der Waals surface area contributed by atoms with Crippen molar-refractivity contribution < 1.29 is 0 Å². The van der Waals surface area contributed by atoms with Gasteiger partial charge in [0.1, 0.15) is 4.34 Å². The number of halogens is 1. The molecule has 1 nitrogen and oxygen atoms in total. The molecule has 1 aromatic heterocycles. The van der Waals surface area contributed by atoms with Gasteiger partial charge in [0, 0.05) is 22.4 Å². The molecular weight excluding hydrogens is 234 g/mol. The van der Waals surface area contributed by atoms with Gasteiger partial charge in [0.2, 0.25) is 0 Å². The lowest BCUT2D eigenvalue weighted by Crippen LogP contribution is -1.80. The highest BCUT2D eigenvalue weighted by Crippen LogP contribution is 2.27. The minimum Gasteiger partial charge on any atom is -0.238 e. The second-order valence-electron chi connectivity index (χ2n) is 2.68. The third kappa shape index (κ3) is 2.50. The molecule has 0 saturated heterocycles. The van der Waals surface area contributed by atoms with E-state index >= 15 is 0 Å². The fourth-order valence-corrected chi connectivity index (χ4v) is 2.96. The molecule has 1 heterocycles. The van der Waals surface area contributed by atoms with Crippen molar-refractivity contribution >= 4 is 34.7 Å². The van der Waals surface area contributed by atoms with E-state index in [9.17, 15) is 0 Å². The lowest BCUT2D eigenvalue weighted by Gasteiger charge is -2.00. The van der Waals surface area contributed by atoms with E-state index in [0.717, 1.165) is 20.7 Å². The van der Waals surface area contributed by atoms with Gasteiger partial charge < -0.3 is 0 Å². The number of benzene rings is 1. The standard InChI is InChI=1S/C10H8ClNS2/c11-9-4-2-1-3-8(9)7-14-10-12-5-6-13-10/h1-6H,7H2. The van der Waals surface area contributed by atoms with Gasteiger partial charge in [-0.3, -0.25) is 0 Å². The highest BCUT2D eigenvalue weighted by Gasteiger charge is 2.01. The van der Waals surface area contributed by atoms with Crippen molar-refractivity contribution in [3.63, 3.8) is 0 Å². The van der Waals surface area contributed by atoms with Gasteiger partial charge in [-0.2, -0.15) is 0 Å². The molecule has 0 saturated carbocycles. The molecule has 0 atom stereocenters. The zero-order valence-electron chi connectivity index (χ0n) is 7.31. The second-order valence-corrected chi connectivity index (χ2v) is 5.20. The van der Waals surface area contributed by atoms with Crippen LogP contribution in [0.25, 0.3) is 0 Å². The number of thioether (sulfide) groups is 1. The molecule has 2 rings (SSSR count). The fourth-order valence-electron chi connectivity index (χ4n) is 1.04. The molecule has 0 radical (unpaired) electrons. The number of hydrogen-bond acceptors (Lipinski definition) is 3. The van der Waals surface area contributed by atoms with Crippen LogP contribution in [0.2, 0.25) is 5.02 Å². The molecule has 1 aromatic carbocycles. The van der Waals surface area contributed by atoms with Crippen LogP contribution in [0.1, 0.15) is 5.56 Å². The highest BCUT2D eigenvalue weighted by atomic mass is 35.5. The maximum absolute atomic E-state index is 6.03. The molecular formula is C10H8ClNS2. The Labute approximate surface area is 96.1 Å². The van der Waals surface area contributed by atoms with Crippen LogP contribution in [0.5, 0.6) is 0 Å². The van der Waals surface area contributed by atoms with Gasteiger partial charge >= 0.3 is 0 Å². The van der Waals surface area contributed by atoms with Crippen molar-refractivity contribution in [2.24, 2.45) is 0 Å². The molecule has 72 valence electrons. The van der Waals surface area contributed by atoms with Crippen LogP contribution in [0.15, 0.2) is 40.2 Å². The quantitative estimate of drug-likeness (QED) is 0.751. The molecule has 0 spiro atoms. The molecule has 0 N–H and O–H groups in total.